The zero-order chi connectivity index (χ0) is 30.5. The Kier molecular flexibility index (Phi) is 12.3. The Labute approximate surface area is 254 Å². The second-order valence-electron chi connectivity index (χ2n) is 8.91. The number of azo groups is 1. The number of ether oxygens (including phenoxy) is 3. The second-order valence-corrected chi connectivity index (χ2v) is 9.75. The van der Waals surface area contributed by atoms with Gasteiger partial charge in [-0.3, -0.25) is 0 Å². The topological polar surface area (TPSA) is 107 Å². The average molecular weight is 610 g/mol. The molecule has 0 radical (unpaired) electrons. The monoisotopic (exact) mass is 609 g/mol. The lowest BCUT2D eigenvalue weighted by Crippen LogP contribution is -2.23. The second kappa shape index (κ2) is 16.1. The highest BCUT2D eigenvalue weighted by molar-refractivity contribution is 6.33. The summed E-state index contributed by atoms with van der Waals surface area (Å²) in [5.41, 5.74) is 3.09. The van der Waals surface area contributed by atoms with Crippen LogP contribution in [0.5, 0.6) is 0 Å². The van der Waals surface area contributed by atoms with Crippen molar-refractivity contribution in [1.82, 2.24) is 0 Å². The molecule has 0 saturated carbocycles. The Hall–Kier alpha value is -4.47. The molecule has 42 heavy (non-hydrogen) atoms. The molecule has 11 heteroatoms. The number of carbonyl (C=O) groups is 3. The number of hydrogen-bond acceptors (Lipinski definition) is 9. The van der Waals surface area contributed by atoms with Crippen LogP contribution in [0.4, 0.5) is 17.1 Å². The van der Waals surface area contributed by atoms with Gasteiger partial charge in [0.15, 0.2) is 0 Å². The highest BCUT2D eigenvalue weighted by Gasteiger charge is 2.14. The number of hydrogen-bond donors (Lipinski definition) is 0. The van der Waals surface area contributed by atoms with Crippen molar-refractivity contribution in [2.45, 2.75) is 6.92 Å². The molecule has 9 nitrogen and oxygen atoms in total. The first-order chi connectivity index (χ1) is 20.1. The predicted molar refractivity (Wildman–Crippen MR) is 163 cm³/mol. The van der Waals surface area contributed by atoms with Gasteiger partial charge >= 0.3 is 17.9 Å². The van der Waals surface area contributed by atoms with Crippen LogP contribution in [0.3, 0.4) is 0 Å². The normalized spacial score (nSPS) is 11.0. The van der Waals surface area contributed by atoms with E-state index in [1.807, 2.05) is 36.2 Å². The average Bonchev–Trinajstić information content (AvgIpc) is 2.98. The summed E-state index contributed by atoms with van der Waals surface area (Å²) in [6.07, 6.45) is 3.04. The van der Waals surface area contributed by atoms with Crippen molar-refractivity contribution >= 4 is 64.2 Å². The maximum atomic E-state index is 12.4. The minimum atomic E-state index is -0.681. The van der Waals surface area contributed by atoms with Crippen molar-refractivity contribution in [1.29, 1.82) is 0 Å². The molecule has 3 rings (SSSR count). The van der Waals surface area contributed by atoms with Crippen molar-refractivity contribution in [3.8, 4) is 0 Å². The summed E-state index contributed by atoms with van der Waals surface area (Å²) in [4.78, 5) is 37.7. The lowest BCUT2D eigenvalue weighted by atomic mass is 10.2. The van der Waals surface area contributed by atoms with Crippen LogP contribution in [-0.4, -0.2) is 51.3 Å². The maximum absolute atomic E-state index is 12.4. The smallest absolute Gasteiger partial charge is 0.339 e. The molecule has 0 aromatic heterocycles. The molecule has 0 spiro atoms. The molecule has 0 amide bonds. The fourth-order valence-electron chi connectivity index (χ4n) is 3.29. The van der Waals surface area contributed by atoms with Gasteiger partial charge in [0.1, 0.15) is 19.8 Å². The molecule has 0 fully saturated rings. The van der Waals surface area contributed by atoms with Crippen LogP contribution in [0, 0.1) is 0 Å². The summed E-state index contributed by atoms with van der Waals surface area (Å²) in [6, 6.07) is 19.0. The minimum Gasteiger partial charge on any atom is -0.461 e. The molecule has 0 atom stereocenters. The van der Waals surface area contributed by atoms with Crippen LogP contribution in [-0.2, 0) is 23.8 Å². The summed E-state index contributed by atoms with van der Waals surface area (Å²) in [5.74, 6) is -1.68. The van der Waals surface area contributed by atoms with Crippen LogP contribution in [0.15, 0.2) is 95.2 Å². The zero-order valence-electron chi connectivity index (χ0n) is 23.1. The van der Waals surface area contributed by atoms with E-state index in [1.54, 1.807) is 36.4 Å². The first-order valence-electron chi connectivity index (χ1n) is 12.7. The van der Waals surface area contributed by atoms with Crippen molar-refractivity contribution in [2.75, 3.05) is 38.3 Å². The highest BCUT2D eigenvalue weighted by Crippen LogP contribution is 2.26. The lowest BCUT2D eigenvalue weighted by Gasteiger charge is -2.18. The van der Waals surface area contributed by atoms with Crippen LogP contribution in [0.1, 0.15) is 22.8 Å². The zero-order valence-corrected chi connectivity index (χ0v) is 24.6. The number of anilines is 1. The van der Waals surface area contributed by atoms with E-state index in [9.17, 15) is 14.4 Å². The highest BCUT2D eigenvalue weighted by atomic mass is 35.5. The molecule has 0 aliphatic heterocycles. The third kappa shape index (κ3) is 10.5. The number of halogens is 2. The summed E-state index contributed by atoms with van der Waals surface area (Å²) in [7, 11) is 1.88. The molecule has 0 N–H and O–H groups in total. The van der Waals surface area contributed by atoms with E-state index in [1.165, 1.54) is 25.1 Å². The maximum Gasteiger partial charge on any atom is 0.339 e. The van der Waals surface area contributed by atoms with Gasteiger partial charge in [0.05, 0.1) is 28.5 Å². The summed E-state index contributed by atoms with van der Waals surface area (Å²) < 4.78 is 15.3. The molecule has 0 aliphatic carbocycles. The minimum absolute atomic E-state index is 0.104. The van der Waals surface area contributed by atoms with E-state index in [0.717, 1.165) is 11.3 Å². The van der Waals surface area contributed by atoms with Gasteiger partial charge in [-0.15, -0.1) is 0 Å². The van der Waals surface area contributed by atoms with E-state index in [0.29, 0.717) is 22.9 Å². The number of rotatable bonds is 13. The largest absolute Gasteiger partial charge is 0.461 e. The third-order valence-corrected chi connectivity index (χ3v) is 6.17. The molecule has 3 aromatic rings. The Morgan fingerprint density at radius 3 is 2.19 bits per heavy atom. The Balaban J connectivity index is 1.47. The standard InChI is InChI=1S/C31H29Cl2N3O6/c1-21(2)30(38)41-18-19-42-31(39)27-20-25(11-14-28(27)33)35-34-24-9-12-26(13-10-24)36(3)16-17-40-29(37)15-6-22-4-7-23(32)8-5-22/h4-15,20H,1,16-19H2,2-3H3/b15-6+,35-34?. The van der Waals surface area contributed by atoms with E-state index >= 15 is 0 Å². The predicted octanol–water partition coefficient (Wildman–Crippen LogP) is 7.38. The van der Waals surface area contributed by atoms with Gasteiger partial charge in [-0.25, -0.2) is 14.4 Å². The van der Waals surface area contributed by atoms with Crippen LogP contribution in [0.25, 0.3) is 6.08 Å². The summed E-state index contributed by atoms with van der Waals surface area (Å²) in [5, 5.41) is 9.21. The molecule has 0 unspecified atom stereocenters. The SMILES string of the molecule is C=C(C)C(=O)OCCOC(=O)c1cc(N=Nc2ccc(N(C)CCOC(=O)/C=C/c3ccc(Cl)cc3)cc2)ccc1Cl. The fraction of sp³-hybridized carbons (Fsp3) is 0.194. The molecule has 0 aliphatic rings. The van der Waals surface area contributed by atoms with Crippen molar-refractivity contribution in [3.05, 3.63) is 106 Å². The van der Waals surface area contributed by atoms with Gasteiger partial charge in [0, 0.05) is 29.4 Å². The molecule has 0 saturated heterocycles. The van der Waals surface area contributed by atoms with Gasteiger partial charge in [0.2, 0.25) is 0 Å². The Morgan fingerprint density at radius 1 is 0.857 bits per heavy atom. The molecule has 218 valence electrons. The van der Waals surface area contributed by atoms with Crippen molar-refractivity contribution in [3.63, 3.8) is 0 Å². The first-order valence-corrected chi connectivity index (χ1v) is 13.5. The molecular weight excluding hydrogens is 581 g/mol. The molecule has 0 heterocycles. The number of likely N-dealkylation sites (N-methyl/N-ethyl adjacent to an activating group) is 1. The molecule has 3 aromatic carbocycles. The Bertz CT molecular complexity index is 1470. The van der Waals surface area contributed by atoms with Gasteiger partial charge in [-0.1, -0.05) is 41.9 Å². The number of esters is 3. The van der Waals surface area contributed by atoms with E-state index < -0.39 is 17.9 Å². The summed E-state index contributed by atoms with van der Waals surface area (Å²) in [6.45, 7) is 5.46. The van der Waals surface area contributed by atoms with Gasteiger partial charge < -0.3 is 19.1 Å². The first kappa shape index (κ1) is 32.0. The fourth-order valence-corrected chi connectivity index (χ4v) is 3.61. The molecular formula is C31H29Cl2N3O6. The van der Waals surface area contributed by atoms with Gasteiger partial charge in [-0.05, 0) is 73.2 Å². The van der Waals surface area contributed by atoms with E-state index in [4.69, 9.17) is 37.4 Å². The van der Waals surface area contributed by atoms with Crippen LogP contribution in [0.2, 0.25) is 10.0 Å². The van der Waals surface area contributed by atoms with Crippen molar-refractivity contribution in [2.24, 2.45) is 10.2 Å². The van der Waals surface area contributed by atoms with Crippen LogP contribution < -0.4 is 4.90 Å². The molecule has 0 bridgehead atoms. The number of nitrogens with zero attached hydrogens (tertiary/aromatic N) is 3. The van der Waals surface area contributed by atoms with E-state index in [-0.39, 0.29) is 36.0 Å². The van der Waals surface area contributed by atoms with Gasteiger partial charge in [0.25, 0.3) is 0 Å². The van der Waals surface area contributed by atoms with Gasteiger partial charge in [-0.2, -0.15) is 10.2 Å². The van der Waals surface area contributed by atoms with E-state index in [2.05, 4.69) is 16.8 Å². The lowest BCUT2D eigenvalue weighted by molar-refractivity contribution is -0.140. The van der Waals surface area contributed by atoms with Crippen molar-refractivity contribution < 1.29 is 28.6 Å². The number of carbonyl (C=O) groups excluding carboxylic acids is 3. The van der Waals surface area contributed by atoms with Crippen LogP contribution >= 0.6 is 23.2 Å². The third-order valence-electron chi connectivity index (χ3n) is 5.59. The quantitative estimate of drug-likeness (QED) is 0.0654. The number of benzene rings is 3. The Morgan fingerprint density at radius 2 is 1.50 bits per heavy atom. The summed E-state index contributed by atoms with van der Waals surface area (Å²) >= 11 is 12.0.